The minimum Gasteiger partial charge on any atom is -0.399 e. The van der Waals surface area contributed by atoms with Crippen molar-refractivity contribution in [3.05, 3.63) is 41.5 Å². The molecule has 0 saturated carbocycles. The third kappa shape index (κ3) is 1.62. The van der Waals surface area contributed by atoms with E-state index in [0.29, 0.717) is 0 Å². The molecule has 2 aromatic heterocycles. The molecule has 0 amide bonds. The number of nitrogens with zero attached hydrogens (tertiary/aromatic N) is 3. The maximum absolute atomic E-state index is 5.92. The summed E-state index contributed by atoms with van der Waals surface area (Å²) in [5.41, 5.74) is 13.9. The highest BCUT2D eigenvalue weighted by molar-refractivity contribution is 6.07. The molecular weight excluding hydrogens is 260 g/mol. The van der Waals surface area contributed by atoms with E-state index >= 15 is 0 Å². The van der Waals surface area contributed by atoms with E-state index in [1.807, 2.05) is 25.2 Å². The van der Waals surface area contributed by atoms with Crippen LogP contribution in [0, 0.1) is 13.8 Å². The lowest BCUT2D eigenvalue weighted by Gasteiger charge is -2.03. The fraction of sp³-hybridized carbons (Fsp3) is 0.176. The first-order valence-corrected chi connectivity index (χ1v) is 6.97. The smallest absolute Gasteiger partial charge is 0.160 e. The molecule has 4 rings (SSSR count). The Hall–Kier alpha value is -2.62. The number of anilines is 1. The van der Waals surface area contributed by atoms with Crippen LogP contribution in [-0.4, -0.2) is 14.5 Å². The Morgan fingerprint density at radius 2 is 1.62 bits per heavy atom. The number of aryl methyl sites for hydroxylation is 3. The molecule has 0 aliphatic rings. The maximum Gasteiger partial charge on any atom is 0.160 e. The molecule has 104 valence electrons. The molecule has 0 aliphatic heterocycles. The van der Waals surface area contributed by atoms with Crippen LogP contribution in [0.15, 0.2) is 30.3 Å². The van der Waals surface area contributed by atoms with E-state index in [0.717, 1.165) is 38.8 Å². The predicted molar refractivity (Wildman–Crippen MR) is 87.4 cm³/mol. The molecule has 0 radical (unpaired) electrons. The van der Waals surface area contributed by atoms with Gasteiger partial charge in [0.1, 0.15) is 5.52 Å². The van der Waals surface area contributed by atoms with Crippen molar-refractivity contribution in [1.29, 1.82) is 0 Å². The van der Waals surface area contributed by atoms with Crippen LogP contribution in [0.3, 0.4) is 0 Å². The summed E-state index contributed by atoms with van der Waals surface area (Å²) in [7, 11) is 2.02. The molecule has 2 heterocycles. The molecule has 4 nitrogen and oxygen atoms in total. The zero-order valence-corrected chi connectivity index (χ0v) is 12.3. The molecule has 0 atom stereocenters. The van der Waals surface area contributed by atoms with Crippen molar-refractivity contribution in [3.8, 4) is 0 Å². The fourth-order valence-electron chi connectivity index (χ4n) is 2.87. The number of hydrogen-bond acceptors (Lipinski definition) is 3. The van der Waals surface area contributed by atoms with Gasteiger partial charge in [0, 0.05) is 18.1 Å². The molecule has 21 heavy (non-hydrogen) atoms. The van der Waals surface area contributed by atoms with Gasteiger partial charge in [-0.2, -0.15) is 0 Å². The molecule has 4 aromatic rings. The van der Waals surface area contributed by atoms with Gasteiger partial charge in [-0.15, -0.1) is 0 Å². The van der Waals surface area contributed by atoms with Crippen LogP contribution in [0.4, 0.5) is 5.69 Å². The minimum absolute atomic E-state index is 0.747. The van der Waals surface area contributed by atoms with E-state index in [1.165, 1.54) is 11.1 Å². The largest absolute Gasteiger partial charge is 0.399 e. The van der Waals surface area contributed by atoms with E-state index in [4.69, 9.17) is 15.7 Å². The lowest BCUT2D eigenvalue weighted by Crippen LogP contribution is -1.93. The molecular formula is C17H16N4. The van der Waals surface area contributed by atoms with Gasteiger partial charge in [-0.1, -0.05) is 0 Å². The summed E-state index contributed by atoms with van der Waals surface area (Å²) in [5.74, 6) is 0. The number of benzene rings is 2. The first kappa shape index (κ1) is 12.1. The first-order valence-electron chi connectivity index (χ1n) is 6.97. The monoisotopic (exact) mass is 276 g/mol. The third-order valence-electron chi connectivity index (χ3n) is 4.22. The van der Waals surface area contributed by atoms with E-state index in [2.05, 4.69) is 30.5 Å². The van der Waals surface area contributed by atoms with Crippen molar-refractivity contribution >= 4 is 38.8 Å². The zero-order valence-electron chi connectivity index (χ0n) is 12.3. The van der Waals surface area contributed by atoms with Gasteiger partial charge in [-0.05, 0) is 55.3 Å². The van der Waals surface area contributed by atoms with Crippen molar-refractivity contribution < 1.29 is 0 Å². The highest BCUT2D eigenvalue weighted by atomic mass is 15.0. The Morgan fingerprint density at radius 3 is 2.33 bits per heavy atom. The Labute approximate surface area is 122 Å². The summed E-state index contributed by atoms with van der Waals surface area (Å²) in [4.78, 5) is 9.64. The van der Waals surface area contributed by atoms with Gasteiger partial charge < -0.3 is 10.3 Å². The summed E-state index contributed by atoms with van der Waals surface area (Å²) in [5, 5.41) is 1.06. The van der Waals surface area contributed by atoms with Crippen molar-refractivity contribution in [3.63, 3.8) is 0 Å². The van der Waals surface area contributed by atoms with Crippen LogP contribution in [0.25, 0.3) is 33.1 Å². The molecule has 0 spiro atoms. The Morgan fingerprint density at radius 1 is 0.952 bits per heavy atom. The Bertz CT molecular complexity index is 1030. The van der Waals surface area contributed by atoms with Crippen molar-refractivity contribution in [1.82, 2.24) is 14.5 Å². The van der Waals surface area contributed by atoms with E-state index in [-0.39, 0.29) is 0 Å². The molecule has 2 aromatic carbocycles. The highest BCUT2D eigenvalue weighted by Gasteiger charge is 2.13. The van der Waals surface area contributed by atoms with Gasteiger partial charge in [0.15, 0.2) is 5.65 Å². The standard InChI is InChI=1S/C17H16N4/c1-9-6-13-14(7-10(9)2)20-17-16(19-13)12-8-11(18)4-5-15(12)21(17)3/h4-8H,18H2,1-3H3. The molecule has 2 N–H and O–H groups in total. The van der Waals surface area contributed by atoms with Crippen LogP contribution < -0.4 is 5.73 Å². The average Bonchev–Trinajstić information content (AvgIpc) is 2.71. The highest BCUT2D eigenvalue weighted by Crippen LogP contribution is 2.29. The second-order valence-corrected chi connectivity index (χ2v) is 5.66. The predicted octanol–water partition coefficient (Wildman–Crippen LogP) is 3.47. The van der Waals surface area contributed by atoms with E-state index in [9.17, 15) is 0 Å². The number of fused-ring (bicyclic) bond motifs is 4. The molecule has 0 bridgehead atoms. The van der Waals surface area contributed by atoms with Gasteiger partial charge >= 0.3 is 0 Å². The quantitative estimate of drug-likeness (QED) is 0.500. The lowest BCUT2D eigenvalue weighted by atomic mass is 10.1. The summed E-state index contributed by atoms with van der Waals surface area (Å²) < 4.78 is 2.08. The summed E-state index contributed by atoms with van der Waals surface area (Å²) in [6.07, 6.45) is 0. The van der Waals surface area contributed by atoms with Crippen LogP contribution in [0.5, 0.6) is 0 Å². The molecule has 0 saturated heterocycles. The number of aromatic nitrogens is 3. The summed E-state index contributed by atoms with van der Waals surface area (Å²) in [6.45, 7) is 4.20. The fourth-order valence-corrected chi connectivity index (χ4v) is 2.87. The SMILES string of the molecule is Cc1cc2nc3c4cc(N)ccc4n(C)c3nc2cc1C. The summed E-state index contributed by atoms with van der Waals surface area (Å²) >= 11 is 0. The Kier molecular flexibility index (Phi) is 2.28. The third-order valence-corrected chi connectivity index (χ3v) is 4.22. The van der Waals surface area contributed by atoms with Gasteiger partial charge in [0.2, 0.25) is 0 Å². The van der Waals surface area contributed by atoms with E-state index < -0.39 is 0 Å². The van der Waals surface area contributed by atoms with Crippen LogP contribution >= 0.6 is 0 Å². The van der Waals surface area contributed by atoms with Gasteiger partial charge in [0.05, 0.1) is 16.6 Å². The van der Waals surface area contributed by atoms with Crippen LogP contribution in [0.2, 0.25) is 0 Å². The maximum atomic E-state index is 5.92. The van der Waals surface area contributed by atoms with Gasteiger partial charge in [-0.3, -0.25) is 0 Å². The van der Waals surface area contributed by atoms with Gasteiger partial charge in [-0.25, -0.2) is 9.97 Å². The Balaban J connectivity index is 2.24. The summed E-state index contributed by atoms with van der Waals surface area (Å²) in [6, 6.07) is 10.1. The van der Waals surface area contributed by atoms with Crippen molar-refractivity contribution in [2.75, 3.05) is 5.73 Å². The van der Waals surface area contributed by atoms with Crippen molar-refractivity contribution in [2.45, 2.75) is 13.8 Å². The number of nitrogens with two attached hydrogens (primary N) is 1. The second-order valence-electron chi connectivity index (χ2n) is 5.66. The molecule has 0 unspecified atom stereocenters. The molecule has 0 fully saturated rings. The zero-order chi connectivity index (χ0) is 14.7. The topological polar surface area (TPSA) is 56.7 Å². The number of hydrogen-bond donors (Lipinski definition) is 1. The molecule has 0 aliphatic carbocycles. The number of rotatable bonds is 0. The average molecular weight is 276 g/mol. The van der Waals surface area contributed by atoms with E-state index in [1.54, 1.807) is 0 Å². The number of nitrogen functional groups attached to an aromatic ring is 1. The minimum atomic E-state index is 0.747. The molecule has 4 heteroatoms. The normalized spacial score (nSPS) is 11.8. The van der Waals surface area contributed by atoms with Crippen molar-refractivity contribution in [2.24, 2.45) is 7.05 Å². The van der Waals surface area contributed by atoms with Crippen LogP contribution in [0.1, 0.15) is 11.1 Å². The second kappa shape index (κ2) is 3.95. The first-order chi connectivity index (χ1) is 10.0. The lowest BCUT2D eigenvalue weighted by molar-refractivity contribution is 0.992. The van der Waals surface area contributed by atoms with Gasteiger partial charge in [0.25, 0.3) is 0 Å². The van der Waals surface area contributed by atoms with Crippen LogP contribution in [-0.2, 0) is 7.05 Å².